The Hall–Kier alpha value is -3.45. The highest BCUT2D eigenvalue weighted by Gasteiger charge is 2.26. The van der Waals surface area contributed by atoms with Crippen molar-refractivity contribution in [1.29, 1.82) is 0 Å². The van der Waals surface area contributed by atoms with Gasteiger partial charge in [0, 0.05) is 37.7 Å². The molecular weight excluding hydrogens is 436 g/mol. The number of carbonyl (C=O) groups is 1. The summed E-state index contributed by atoms with van der Waals surface area (Å²) in [7, 11) is 0. The highest BCUT2D eigenvalue weighted by atomic mass is 35.5. The largest absolute Gasteiger partial charge is 0.352 e. The number of nitrogens with zero attached hydrogens (tertiary/aromatic N) is 6. The van der Waals surface area contributed by atoms with E-state index in [1.807, 2.05) is 59.5 Å². The van der Waals surface area contributed by atoms with Gasteiger partial charge < -0.3 is 9.80 Å². The quantitative estimate of drug-likeness (QED) is 0.446. The van der Waals surface area contributed by atoms with Crippen LogP contribution in [-0.2, 0) is 0 Å². The molecule has 0 saturated carbocycles. The Labute approximate surface area is 197 Å². The maximum absolute atomic E-state index is 12.8. The van der Waals surface area contributed by atoms with Gasteiger partial charge in [-0.1, -0.05) is 55.8 Å². The summed E-state index contributed by atoms with van der Waals surface area (Å²) < 4.78 is 1.78. The van der Waals surface area contributed by atoms with Crippen LogP contribution < -0.4 is 4.90 Å². The fourth-order valence-electron chi connectivity index (χ4n) is 4.09. The van der Waals surface area contributed by atoms with Crippen molar-refractivity contribution < 1.29 is 4.79 Å². The molecule has 1 saturated heterocycles. The van der Waals surface area contributed by atoms with Crippen molar-refractivity contribution in [3.63, 3.8) is 0 Å². The number of benzene rings is 2. The predicted octanol–water partition coefficient (Wildman–Crippen LogP) is 4.55. The van der Waals surface area contributed by atoms with Crippen LogP contribution in [0.3, 0.4) is 0 Å². The zero-order valence-electron chi connectivity index (χ0n) is 18.6. The number of fused-ring (bicyclic) bond motifs is 1. The van der Waals surface area contributed by atoms with Gasteiger partial charge in [0.05, 0.1) is 22.3 Å². The van der Waals surface area contributed by atoms with Gasteiger partial charge in [-0.05, 0) is 24.3 Å². The Morgan fingerprint density at radius 1 is 0.939 bits per heavy atom. The Kier molecular flexibility index (Phi) is 5.72. The lowest BCUT2D eigenvalue weighted by Gasteiger charge is -2.35. The van der Waals surface area contributed by atoms with E-state index in [0.717, 1.165) is 33.9 Å². The first-order chi connectivity index (χ1) is 16.0. The number of piperazine rings is 1. The SMILES string of the molecule is CC(C)c1nc(N2CCN(C(=O)c3ccccc3)CC2)c2cnn(-c3ccccc3Cl)c2n1. The van der Waals surface area contributed by atoms with Crippen molar-refractivity contribution in [2.75, 3.05) is 31.1 Å². The van der Waals surface area contributed by atoms with E-state index in [1.165, 1.54) is 0 Å². The van der Waals surface area contributed by atoms with E-state index in [4.69, 9.17) is 21.6 Å². The van der Waals surface area contributed by atoms with Gasteiger partial charge in [-0.3, -0.25) is 4.79 Å². The third kappa shape index (κ3) is 4.04. The molecule has 1 aliphatic rings. The van der Waals surface area contributed by atoms with E-state index in [2.05, 4.69) is 23.8 Å². The summed E-state index contributed by atoms with van der Waals surface area (Å²) in [6, 6.07) is 17.0. The summed E-state index contributed by atoms with van der Waals surface area (Å²) in [5, 5.41) is 6.09. The van der Waals surface area contributed by atoms with E-state index in [-0.39, 0.29) is 11.8 Å². The van der Waals surface area contributed by atoms with Crippen LogP contribution >= 0.6 is 11.6 Å². The highest BCUT2D eigenvalue weighted by Crippen LogP contribution is 2.30. The first-order valence-corrected chi connectivity index (χ1v) is 11.5. The molecule has 7 nitrogen and oxygen atoms in total. The summed E-state index contributed by atoms with van der Waals surface area (Å²) in [5.74, 6) is 1.84. The molecule has 1 fully saturated rings. The monoisotopic (exact) mass is 460 g/mol. The summed E-state index contributed by atoms with van der Waals surface area (Å²) in [5.41, 5.74) is 2.24. The van der Waals surface area contributed by atoms with Gasteiger partial charge in [0.1, 0.15) is 11.6 Å². The van der Waals surface area contributed by atoms with Crippen LogP contribution in [0, 0.1) is 0 Å². The van der Waals surface area contributed by atoms with Gasteiger partial charge in [-0.2, -0.15) is 5.10 Å². The second kappa shape index (κ2) is 8.83. The number of carbonyl (C=O) groups excluding carboxylic acids is 1. The molecule has 33 heavy (non-hydrogen) atoms. The van der Waals surface area contributed by atoms with E-state index >= 15 is 0 Å². The fraction of sp³-hybridized carbons (Fsp3) is 0.280. The minimum absolute atomic E-state index is 0.0671. The minimum Gasteiger partial charge on any atom is -0.352 e. The van der Waals surface area contributed by atoms with Crippen molar-refractivity contribution in [2.45, 2.75) is 19.8 Å². The maximum atomic E-state index is 12.8. The molecule has 4 aromatic rings. The third-order valence-electron chi connectivity index (χ3n) is 5.91. The average Bonchev–Trinajstić information content (AvgIpc) is 3.28. The Balaban J connectivity index is 1.47. The zero-order valence-corrected chi connectivity index (χ0v) is 19.4. The Bertz CT molecular complexity index is 1300. The standard InChI is InChI=1S/C25H25ClN6O/c1-17(2)22-28-23(19-16-27-32(24(19)29-22)21-11-7-6-10-20(21)26)30-12-14-31(15-13-30)25(33)18-8-4-3-5-9-18/h3-11,16-17H,12-15H2,1-2H3. The average molecular weight is 461 g/mol. The molecular formula is C25H25ClN6O. The molecule has 0 radical (unpaired) electrons. The number of halogens is 1. The van der Waals surface area contributed by atoms with Crippen molar-refractivity contribution >= 4 is 34.4 Å². The van der Waals surface area contributed by atoms with Gasteiger partial charge in [0.15, 0.2) is 5.65 Å². The molecule has 0 aliphatic carbocycles. The number of para-hydroxylation sites is 1. The molecule has 0 N–H and O–H groups in total. The summed E-state index contributed by atoms with van der Waals surface area (Å²) in [4.78, 5) is 26.7. The lowest BCUT2D eigenvalue weighted by Crippen LogP contribution is -2.49. The Morgan fingerprint density at radius 2 is 1.64 bits per heavy atom. The second-order valence-electron chi connectivity index (χ2n) is 8.45. The summed E-state index contributed by atoms with van der Waals surface area (Å²) in [6.45, 7) is 6.82. The smallest absolute Gasteiger partial charge is 0.253 e. The van der Waals surface area contributed by atoms with Crippen LogP contribution in [0.1, 0.15) is 35.9 Å². The number of anilines is 1. The van der Waals surface area contributed by atoms with E-state index in [9.17, 15) is 4.79 Å². The lowest BCUT2D eigenvalue weighted by atomic mass is 10.1. The number of hydrogen-bond acceptors (Lipinski definition) is 5. The van der Waals surface area contributed by atoms with Gasteiger partial charge in [-0.25, -0.2) is 14.6 Å². The van der Waals surface area contributed by atoms with Crippen molar-refractivity contribution in [1.82, 2.24) is 24.6 Å². The third-order valence-corrected chi connectivity index (χ3v) is 6.23. The van der Waals surface area contributed by atoms with Gasteiger partial charge in [-0.15, -0.1) is 0 Å². The highest BCUT2D eigenvalue weighted by molar-refractivity contribution is 6.32. The van der Waals surface area contributed by atoms with Crippen LogP contribution in [0.4, 0.5) is 5.82 Å². The normalized spacial score (nSPS) is 14.3. The van der Waals surface area contributed by atoms with Crippen molar-refractivity contribution in [2.24, 2.45) is 0 Å². The van der Waals surface area contributed by atoms with E-state index < -0.39 is 0 Å². The lowest BCUT2D eigenvalue weighted by molar-refractivity contribution is 0.0746. The van der Waals surface area contributed by atoms with Crippen LogP contribution in [0.5, 0.6) is 0 Å². The molecule has 168 valence electrons. The molecule has 1 amide bonds. The first kappa shape index (κ1) is 21.4. The molecule has 8 heteroatoms. The van der Waals surface area contributed by atoms with Crippen LogP contribution in [0.15, 0.2) is 60.8 Å². The van der Waals surface area contributed by atoms with E-state index in [0.29, 0.717) is 31.2 Å². The van der Waals surface area contributed by atoms with Gasteiger partial charge in [0.2, 0.25) is 0 Å². The van der Waals surface area contributed by atoms with Crippen LogP contribution in [0.25, 0.3) is 16.7 Å². The van der Waals surface area contributed by atoms with Crippen LogP contribution in [-0.4, -0.2) is 56.7 Å². The molecule has 0 unspecified atom stereocenters. The topological polar surface area (TPSA) is 67.2 Å². The second-order valence-corrected chi connectivity index (χ2v) is 8.86. The van der Waals surface area contributed by atoms with E-state index in [1.54, 1.807) is 10.9 Å². The number of rotatable bonds is 4. The first-order valence-electron chi connectivity index (χ1n) is 11.1. The van der Waals surface area contributed by atoms with Crippen LogP contribution in [0.2, 0.25) is 5.02 Å². The predicted molar refractivity (Wildman–Crippen MR) is 130 cm³/mol. The molecule has 2 aromatic heterocycles. The zero-order chi connectivity index (χ0) is 22.9. The summed E-state index contributed by atoms with van der Waals surface area (Å²) in [6.07, 6.45) is 1.81. The molecule has 0 spiro atoms. The molecule has 1 aliphatic heterocycles. The van der Waals surface area contributed by atoms with Crippen molar-refractivity contribution in [3.05, 3.63) is 77.2 Å². The molecule has 5 rings (SSSR count). The molecule has 3 heterocycles. The molecule has 0 atom stereocenters. The molecule has 0 bridgehead atoms. The van der Waals surface area contributed by atoms with Crippen molar-refractivity contribution in [3.8, 4) is 5.69 Å². The fourth-order valence-corrected chi connectivity index (χ4v) is 4.31. The van der Waals surface area contributed by atoms with Gasteiger partial charge >= 0.3 is 0 Å². The number of hydrogen-bond donors (Lipinski definition) is 0. The molecule has 2 aromatic carbocycles. The maximum Gasteiger partial charge on any atom is 0.253 e. The minimum atomic E-state index is 0.0671. The Morgan fingerprint density at radius 3 is 2.33 bits per heavy atom. The van der Waals surface area contributed by atoms with Gasteiger partial charge in [0.25, 0.3) is 5.91 Å². The number of amides is 1. The summed E-state index contributed by atoms with van der Waals surface area (Å²) >= 11 is 6.45. The number of aromatic nitrogens is 4.